The van der Waals surface area contributed by atoms with Gasteiger partial charge in [0.05, 0.1) is 13.2 Å². The van der Waals surface area contributed by atoms with Gasteiger partial charge in [-0.1, -0.05) is 6.07 Å². The van der Waals surface area contributed by atoms with Gasteiger partial charge in [0.15, 0.2) is 0 Å². The van der Waals surface area contributed by atoms with E-state index in [4.69, 9.17) is 4.74 Å². The summed E-state index contributed by atoms with van der Waals surface area (Å²) in [6.07, 6.45) is 3.58. The summed E-state index contributed by atoms with van der Waals surface area (Å²) >= 11 is 0. The number of ether oxygens (including phenoxy) is 1. The molecule has 9 heteroatoms. The molecule has 0 saturated carbocycles. The van der Waals surface area contributed by atoms with Crippen molar-refractivity contribution in [1.29, 1.82) is 0 Å². The van der Waals surface area contributed by atoms with E-state index in [0.717, 1.165) is 12.1 Å². The van der Waals surface area contributed by atoms with E-state index >= 15 is 0 Å². The number of amides is 2. The van der Waals surface area contributed by atoms with E-state index in [9.17, 15) is 9.59 Å². The zero-order valence-corrected chi connectivity index (χ0v) is 17.1. The lowest BCUT2D eigenvalue weighted by atomic mass is 9.95. The molecule has 2 amide bonds. The Balaban J connectivity index is 0.00000182. The van der Waals surface area contributed by atoms with Crippen LogP contribution in [0.2, 0.25) is 0 Å². The molecule has 7 nitrogen and oxygen atoms in total. The molecule has 0 spiro atoms. The van der Waals surface area contributed by atoms with Gasteiger partial charge in [0, 0.05) is 44.2 Å². The average Bonchev–Trinajstić information content (AvgIpc) is 2.64. The third-order valence-electron chi connectivity index (χ3n) is 4.80. The zero-order chi connectivity index (χ0) is 17.6. The predicted molar refractivity (Wildman–Crippen MR) is 109 cm³/mol. The number of morpholine rings is 1. The molecule has 27 heavy (non-hydrogen) atoms. The quantitative estimate of drug-likeness (QED) is 0.778. The maximum Gasteiger partial charge on any atom is 0.228 e. The highest BCUT2D eigenvalue weighted by Crippen LogP contribution is 2.20. The summed E-state index contributed by atoms with van der Waals surface area (Å²) in [5.41, 5.74) is 1.06. The molecule has 1 atom stereocenters. The fraction of sp³-hybridized carbons (Fsp3) is 0.611. The van der Waals surface area contributed by atoms with Crippen molar-refractivity contribution in [2.45, 2.75) is 32.2 Å². The van der Waals surface area contributed by atoms with Gasteiger partial charge in [-0.15, -0.1) is 24.8 Å². The third-order valence-corrected chi connectivity index (χ3v) is 4.80. The van der Waals surface area contributed by atoms with Gasteiger partial charge in [-0.2, -0.15) is 0 Å². The highest BCUT2D eigenvalue weighted by atomic mass is 35.5. The lowest BCUT2D eigenvalue weighted by molar-refractivity contribution is -0.135. The van der Waals surface area contributed by atoms with Crippen LogP contribution in [0, 0.1) is 12.8 Å². The minimum absolute atomic E-state index is 0. The van der Waals surface area contributed by atoms with Crippen LogP contribution in [0.25, 0.3) is 0 Å². The van der Waals surface area contributed by atoms with E-state index in [1.807, 2.05) is 24.0 Å². The summed E-state index contributed by atoms with van der Waals surface area (Å²) in [7, 11) is 0. The Morgan fingerprint density at radius 1 is 1.30 bits per heavy atom. The van der Waals surface area contributed by atoms with Gasteiger partial charge in [-0.3, -0.25) is 9.59 Å². The smallest absolute Gasteiger partial charge is 0.228 e. The molecule has 2 aliphatic heterocycles. The molecule has 2 aliphatic rings. The molecule has 3 rings (SSSR count). The Bertz CT molecular complexity index is 601. The first kappa shape index (κ1) is 23.6. The van der Waals surface area contributed by atoms with Crippen molar-refractivity contribution in [1.82, 2.24) is 15.2 Å². The van der Waals surface area contributed by atoms with Gasteiger partial charge in [0.1, 0.15) is 5.82 Å². The Labute approximate surface area is 172 Å². The van der Waals surface area contributed by atoms with Gasteiger partial charge in [-0.05, 0) is 31.4 Å². The molecule has 152 valence electrons. The van der Waals surface area contributed by atoms with Crippen LogP contribution in [0.5, 0.6) is 0 Å². The lowest BCUT2D eigenvalue weighted by Crippen LogP contribution is -2.47. The molecule has 0 aromatic carbocycles. The number of hydrogen-bond acceptors (Lipinski definition) is 5. The zero-order valence-electron chi connectivity index (χ0n) is 15.5. The number of pyridine rings is 1. The summed E-state index contributed by atoms with van der Waals surface area (Å²) < 4.78 is 5.39. The molecule has 1 aromatic rings. The molecule has 0 bridgehead atoms. The number of aromatic nitrogens is 1. The maximum atomic E-state index is 12.4. The largest absolute Gasteiger partial charge is 0.378 e. The summed E-state index contributed by atoms with van der Waals surface area (Å²) in [6, 6.07) is 3.84. The van der Waals surface area contributed by atoms with Crippen molar-refractivity contribution in [3.05, 3.63) is 23.9 Å². The van der Waals surface area contributed by atoms with E-state index < -0.39 is 0 Å². The Hall–Kier alpha value is -1.41. The van der Waals surface area contributed by atoms with E-state index in [1.165, 1.54) is 0 Å². The Kier molecular flexibility index (Phi) is 10.0. The minimum Gasteiger partial charge on any atom is -0.378 e. The standard InChI is InChI=1S/C18H26N4O3.2ClH/c1-13-2-3-16(20-11-13)21-18(24)14-4-7-22(8-5-14)17(23)10-15-12-25-9-6-19-15;;/h2-3,11,14-15,19H,4-10,12H2,1H3,(H,20,21,24);2*1H. The Morgan fingerprint density at radius 2 is 2.04 bits per heavy atom. The topological polar surface area (TPSA) is 83.6 Å². The van der Waals surface area contributed by atoms with Gasteiger partial charge in [0.25, 0.3) is 0 Å². The van der Waals surface area contributed by atoms with Crippen LogP contribution < -0.4 is 10.6 Å². The normalized spacial score (nSPS) is 20.2. The predicted octanol–water partition coefficient (Wildman–Crippen LogP) is 1.79. The second-order valence-corrected chi connectivity index (χ2v) is 6.80. The molecule has 3 heterocycles. The number of carbonyl (C=O) groups is 2. The number of nitrogens with zero attached hydrogens (tertiary/aromatic N) is 2. The molecule has 0 aliphatic carbocycles. The fourth-order valence-corrected chi connectivity index (χ4v) is 3.25. The highest BCUT2D eigenvalue weighted by molar-refractivity contribution is 5.91. The number of aryl methyl sites for hydroxylation is 1. The van der Waals surface area contributed by atoms with Crippen LogP contribution in [-0.2, 0) is 14.3 Å². The molecule has 0 radical (unpaired) electrons. The number of halogens is 2. The molecule has 2 fully saturated rings. The number of piperidine rings is 1. The van der Waals surface area contributed by atoms with E-state index in [-0.39, 0.29) is 48.6 Å². The van der Waals surface area contributed by atoms with Crippen molar-refractivity contribution in [2.24, 2.45) is 5.92 Å². The molecule has 1 unspecified atom stereocenters. The summed E-state index contributed by atoms with van der Waals surface area (Å²) in [5, 5.41) is 6.17. The lowest BCUT2D eigenvalue weighted by Gasteiger charge is -2.33. The van der Waals surface area contributed by atoms with Gasteiger partial charge >= 0.3 is 0 Å². The fourth-order valence-electron chi connectivity index (χ4n) is 3.25. The third kappa shape index (κ3) is 6.92. The van der Waals surface area contributed by atoms with Crippen LogP contribution >= 0.6 is 24.8 Å². The monoisotopic (exact) mass is 418 g/mol. The number of carbonyl (C=O) groups excluding carboxylic acids is 2. The molecule has 2 saturated heterocycles. The molecule has 2 N–H and O–H groups in total. The van der Waals surface area contributed by atoms with E-state index in [1.54, 1.807) is 6.20 Å². The van der Waals surface area contributed by atoms with Crippen molar-refractivity contribution >= 4 is 42.4 Å². The van der Waals surface area contributed by atoms with Crippen LogP contribution in [0.1, 0.15) is 24.8 Å². The Morgan fingerprint density at radius 3 is 2.63 bits per heavy atom. The van der Waals surface area contributed by atoms with Crippen LogP contribution in [-0.4, -0.2) is 60.6 Å². The number of hydrogen-bond donors (Lipinski definition) is 2. The van der Waals surface area contributed by atoms with E-state index in [2.05, 4.69) is 15.6 Å². The van der Waals surface area contributed by atoms with Crippen molar-refractivity contribution in [3.8, 4) is 0 Å². The maximum absolute atomic E-state index is 12.4. The first-order chi connectivity index (χ1) is 12.1. The van der Waals surface area contributed by atoms with Crippen LogP contribution in [0.3, 0.4) is 0 Å². The van der Waals surface area contributed by atoms with Crippen molar-refractivity contribution in [2.75, 3.05) is 38.2 Å². The summed E-state index contributed by atoms with van der Waals surface area (Å²) in [6.45, 7) is 5.32. The number of likely N-dealkylation sites (tertiary alicyclic amines) is 1. The second kappa shape index (κ2) is 11.4. The van der Waals surface area contributed by atoms with Crippen molar-refractivity contribution in [3.63, 3.8) is 0 Å². The SMILES string of the molecule is Cc1ccc(NC(=O)C2CCN(C(=O)CC3COCCN3)CC2)nc1.Cl.Cl. The number of nitrogens with one attached hydrogen (secondary N) is 2. The van der Waals surface area contributed by atoms with E-state index in [0.29, 0.717) is 51.4 Å². The van der Waals surface area contributed by atoms with Gasteiger partial charge in [0.2, 0.25) is 11.8 Å². The first-order valence-electron chi connectivity index (χ1n) is 8.94. The highest BCUT2D eigenvalue weighted by Gasteiger charge is 2.28. The molecular weight excluding hydrogens is 391 g/mol. The number of anilines is 1. The second-order valence-electron chi connectivity index (χ2n) is 6.80. The van der Waals surface area contributed by atoms with Crippen molar-refractivity contribution < 1.29 is 14.3 Å². The molecule has 1 aromatic heterocycles. The summed E-state index contributed by atoms with van der Waals surface area (Å²) in [4.78, 5) is 30.8. The minimum atomic E-state index is -0.0664. The molecular formula is C18H28Cl2N4O3. The van der Waals surface area contributed by atoms with Crippen LogP contribution in [0.4, 0.5) is 5.82 Å². The van der Waals surface area contributed by atoms with Crippen LogP contribution in [0.15, 0.2) is 18.3 Å². The van der Waals surface area contributed by atoms with Gasteiger partial charge in [-0.25, -0.2) is 4.98 Å². The average molecular weight is 419 g/mol. The number of rotatable bonds is 4. The summed E-state index contributed by atoms with van der Waals surface area (Å²) in [5.74, 6) is 0.647. The van der Waals surface area contributed by atoms with Gasteiger partial charge < -0.3 is 20.3 Å². The first-order valence-corrected chi connectivity index (χ1v) is 8.94.